The Bertz CT molecular complexity index is 753. The molecule has 1 aliphatic heterocycles. The molecule has 1 fully saturated rings. The molecule has 1 aromatic carbocycles. The van der Waals surface area contributed by atoms with Crippen molar-refractivity contribution >= 4 is 11.8 Å². The van der Waals surface area contributed by atoms with Crippen LogP contribution in [0.15, 0.2) is 24.3 Å². The van der Waals surface area contributed by atoms with Gasteiger partial charge in [0.1, 0.15) is 12.4 Å². The molecular weight excluding hydrogens is 318 g/mol. The number of amides is 2. The Morgan fingerprint density at radius 1 is 1.20 bits per heavy atom. The number of hydrogen-bond donors (Lipinski definition) is 1. The molecule has 0 radical (unpaired) electrons. The van der Waals surface area contributed by atoms with E-state index in [1.807, 2.05) is 26.0 Å². The Hall–Kier alpha value is -2.70. The third-order valence-corrected chi connectivity index (χ3v) is 4.46. The van der Waals surface area contributed by atoms with Crippen LogP contribution in [-0.2, 0) is 11.2 Å². The number of likely N-dealkylation sites (N-methyl/N-ethyl adjacent to an activating group) is 1. The fourth-order valence-electron chi connectivity index (χ4n) is 2.95. The van der Waals surface area contributed by atoms with Crippen molar-refractivity contribution in [3.8, 4) is 11.4 Å². The molecule has 2 heterocycles. The molecule has 132 valence electrons. The molecule has 1 N–H and O–H groups in total. The van der Waals surface area contributed by atoms with Crippen molar-refractivity contribution in [1.82, 2.24) is 25.0 Å². The number of nitrogens with one attached hydrogen (secondary N) is 1. The minimum atomic E-state index is -0.109. The first-order valence-corrected chi connectivity index (χ1v) is 8.71. The Morgan fingerprint density at radius 3 is 2.60 bits per heavy atom. The van der Waals surface area contributed by atoms with Crippen LogP contribution < -0.4 is 0 Å². The summed E-state index contributed by atoms with van der Waals surface area (Å²) in [6.07, 6.45) is 1.60. The molecule has 0 aliphatic carbocycles. The van der Waals surface area contributed by atoms with Crippen LogP contribution >= 0.6 is 0 Å². The lowest BCUT2D eigenvalue weighted by atomic mass is 10.1. The van der Waals surface area contributed by atoms with E-state index in [0.29, 0.717) is 31.0 Å². The first kappa shape index (κ1) is 17.1. The zero-order valence-electron chi connectivity index (χ0n) is 14.7. The van der Waals surface area contributed by atoms with Gasteiger partial charge in [-0.3, -0.25) is 14.7 Å². The maximum absolute atomic E-state index is 12.7. The van der Waals surface area contributed by atoms with Gasteiger partial charge in [0.2, 0.25) is 5.91 Å². The van der Waals surface area contributed by atoms with Gasteiger partial charge in [-0.15, -0.1) is 0 Å². The van der Waals surface area contributed by atoms with Crippen LogP contribution in [0.3, 0.4) is 0 Å². The first-order valence-electron chi connectivity index (χ1n) is 8.71. The summed E-state index contributed by atoms with van der Waals surface area (Å²) in [7, 11) is 0. The SMILES string of the molecule is CCc1nc(-c2ccc(C(=O)N3CCCN(CC)C(=O)C3)cc2)n[nH]1. The lowest BCUT2D eigenvalue weighted by Crippen LogP contribution is -2.39. The molecule has 0 unspecified atom stereocenters. The van der Waals surface area contributed by atoms with E-state index in [-0.39, 0.29) is 18.4 Å². The zero-order valence-corrected chi connectivity index (χ0v) is 14.7. The Kier molecular flexibility index (Phi) is 5.11. The lowest BCUT2D eigenvalue weighted by molar-refractivity contribution is -0.130. The lowest BCUT2D eigenvalue weighted by Gasteiger charge is -2.20. The van der Waals surface area contributed by atoms with Crippen LogP contribution in [0.4, 0.5) is 0 Å². The first-order chi connectivity index (χ1) is 12.1. The molecule has 0 saturated carbocycles. The van der Waals surface area contributed by atoms with Crippen molar-refractivity contribution in [3.63, 3.8) is 0 Å². The maximum Gasteiger partial charge on any atom is 0.254 e. The quantitative estimate of drug-likeness (QED) is 0.918. The van der Waals surface area contributed by atoms with E-state index in [4.69, 9.17) is 0 Å². The minimum Gasteiger partial charge on any atom is -0.341 e. The molecular formula is C18H23N5O2. The third kappa shape index (κ3) is 3.70. The summed E-state index contributed by atoms with van der Waals surface area (Å²) in [5.74, 6) is 1.36. The van der Waals surface area contributed by atoms with Crippen LogP contribution in [0, 0.1) is 0 Å². The van der Waals surface area contributed by atoms with Crippen molar-refractivity contribution in [2.24, 2.45) is 0 Å². The highest BCUT2D eigenvalue weighted by Gasteiger charge is 2.24. The normalized spacial score (nSPS) is 15.4. The Morgan fingerprint density at radius 2 is 1.96 bits per heavy atom. The molecule has 25 heavy (non-hydrogen) atoms. The van der Waals surface area contributed by atoms with Gasteiger partial charge in [0.25, 0.3) is 5.91 Å². The fraction of sp³-hybridized carbons (Fsp3) is 0.444. The van der Waals surface area contributed by atoms with Crippen LogP contribution in [0.5, 0.6) is 0 Å². The number of hydrogen-bond acceptors (Lipinski definition) is 4. The molecule has 1 aromatic heterocycles. The van der Waals surface area contributed by atoms with E-state index in [0.717, 1.165) is 24.2 Å². The van der Waals surface area contributed by atoms with Gasteiger partial charge in [-0.2, -0.15) is 5.10 Å². The Labute approximate surface area is 147 Å². The van der Waals surface area contributed by atoms with E-state index in [1.54, 1.807) is 21.9 Å². The summed E-state index contributed by atoms with van der Waals surface area (Å²) in [6.45, 7) is 6.11. The molecule has 1 aliphatic rings. The van der Waals surface area contributed by atoms with Gasteiger partial charge in [0.15, 0.2) is 5.82 Å². The summed E-state index contributed by atoms with van der Waals surface area (Å²) in [6, 6.07) is 7.22. The summed E-state index contributed by atoms with van der Waals surface area (Å²) < 4.78 is 0. The van der Waals surface area contributed by atoms with E-state index in [2.05, 4.69) is 15.2 Å². The average Bonchev–Trinajstić information content (AvgIpc) is 3.04. The molecule has 1 saturated heterocycles. The molecule has 2 aromatic rings. The minimum absolute atomic E-state index is 0.0118. The zero-order chi connectivity index (χ0) is 17.8. The van der Waals surface area contributed by atoms with E-state index >= 15 is 0 Å². The predicted octanol–water partition coefficient (Wildman–Crippen LogP) is 1.73. The average molecular weight is 341 g/mol. The van der Waals surface area contributed by atoms with Gasteiger partial charge in [-0.25, -0.2) is 4.98 Å². The number of rotatable bonds is 4. The molecule has 3 rings (SSSR count). The number of aromatic nitrogens is 3. The highest BCUT2D eigenvalue weighted by atomic mass is 16.2. The van der Waals surface area contributed by atoms with Crippen molar-refractivity contribution in [1.29, 1.82) is 0 Å². The number of carbonyl (C=O) groups excluding carboxylic acids is 2. The Balaban J connectivity index is 1.73. The van der Waals surface area contributed by atoms with E-state index < -0.39 is 0 Å². The van der Waals surface area contributed by atoms with Crippen LogP contribution in [0.1, 0.15) is 36.5 Å². The van der Waals surface area contributed by atoms with Crippen LogP contribution in [-0.4, -0.2) is 63.0 Å². The van der Waals surface area contributed by atoms with Gasteiger partial charge in [-0.1, -0.05) is 19.1 Å². The topological polar surface area (TPSA) is 82.2 Å². The second-order valence-corrected chi connectivity index (χ2v) is 6.09. The van der Waals surface area contributed by atoms with Gasteiger partial charge in [0, 0.05) is 37.2 Å². The second kappa shape index (κ2) is 7.46. The van der Waals surface area contributed by atoms with Crippen molar-refractivity contribution < 1.29 is 9.59 Å². The van der Waals surface area contributed by atoms with E-state index in [9.17, 15) is 9.59 Å². The molecule has 0 atom stereocenters. The van der Waals surface area contributed by atoms with Crippen LogP contribution in [0.2, 0.25) is 0 Å². The second-order valence-electron chi connectivity index (χ2n) is 6.09. The van der Waals surface area contributed by atoms with Gasteiger partial charge < -0.3 is 9.80 Å². The number of H-pyrrole nitrogens is 1. The summed E-state index contributed by atoms with van der Waals surface area (Å²) in [5, 5.41) is 7.07. The smallest absolute Gasteiger partial charge is 0.254 e. The van der Waals surface area contributed by atoms with E-state index in [1.165, 1.54) is 0 Å². The van der Waals surface area contributed by atoms with Gasteiger partial charge in [-0.05, 0) is 25.5 Å². The summed E-state index contributed by atoms with van der Waals surface area (Å²) in [4.78, 5) is 32.7. The van der Waals surface area contributed by atoms with Crippen molar-refractivity contribution in [2.75, 3.05) is 26.2 Å². The molecule has 7 nitrogen and oxygen atoms in total. The van der Waals surface area contributed by atoms with Crippen molar-refractivity contribution in [3.05, 3.63) is 35.7 Å². The molecule has 2 amide bonds. The van der Waals surface area contributed by atoms with Crippen molar-refractivity contribution in [2.45, 2.75) is 26.7 Å². The monoisotopic (exact) mass is 341 g/mol. The summed E-state index contributed by atoms with van der Waals surface area (Å²) >= 11 is 0. The molecule has 7 heteroatoms. The third-order valence-electron chi connectivity index (χ3n) is 4.46. The predicted molar refractivity (Wildman–Crippen MR) is 94.0 cm³/mol. The van der Waals surface area contributed by atoms with Gasteiger partial charge in [0.05, 0.1) is 0 Å². The highest BCUT2D eigenvalue weighted by Crippen LogP contribution is 2.17. The van der Waals surface area contributed by atoms with Crippen LogP contribution in [0.25, 0.3) is 11.4 Å². The van der Waals surface area contributed by atoms with Gasteiger partial charge >= 0.3 is 0 Å². The number of benzene rings is 1. The standard InChI is InChI=1S/C18H23N5O2/c1-3-15-19-17(21-20-15)13-6-8-14(9-7-13)18(25)23-11-5-10-22(4-2)16(24)12-23/h6-9H,3-5,10-12H2,1-2H3,(H,19,20,21). The number of aryl methyl sites for hydroxylation is 1. The maximum atomic E-state index is 12.7. The summed E-state index contributed by atoms with van der Waals surface area (Å²) in [5.41, 5.74) is 1.43. The largest absolute Gasteiger partial charge is 0.341 e. The molecule has 0 spiro atoms. The number of nitrogens with zero attached hydrogens (tertiary/aromatic N) is 4. The highest BCUT2D eigenvalue weighted by molar-refractivity contribution is 5.97. The fourth-order valence-corrected chi connectivity index (χ4v) is 2.95. The number of aromatic amines is 1. The molecule has 0 bridgehead atoms. The number of carbonyl (C=O) groups is 2.